The van der Waals surface area contributed by atoms with Crippen LogP contribution in [0.15, 0.2) is 66.7 Å². The molecule has 6 heteroatoms. The second-order valence-electron chi connectivity index (χ2n) is 6.71. The third-order valence-electron chi connectivity index (χ3n) is 4.72. The molecule has 1 aliphatic heterocycles. The molecule has 0 saturated carbocycles. The Kier molecular flexibility index (Phi) is 5.16. The number of anilines is 1. The Bertz CT molecular complexity index is 1080. The van der Waals surface area contributed by atoms with Crippen molar-refractivity contribution in [3.8, 4) is 11.5 Å². The number of benzene rings is 3. The monoisotopic (exact) mass is 388 g/mol. The van der Waals surface area contributed by atoms with Crippen LogP contribution >= 0.6 is 0 Å². The fourth-order valence-electron chi connectivity index (χ4n) is 3.07. The minimum Gasteiger partial charge on any atom is -0.454 e. The van der Waals surface area contributed by atoms with Gasteiger partial charge in [0, 0.05) is 29.4 Å². The molecule has 146 valence electrons. The van der Waals surface area contributed by atoms with E-state index in [2.05, 4.69) is 10.6 Å². The van der Waals surface area contributed by atoms with Crippen molar-refractivity contribution >= 4 is 17.5 Å². The van der Waals surface area contributed by atoms with Gasteiger partial charge in [0.05, 0.1) is 0 Å². The van der Waals surface area contributed by atoms with Crippen molar-refractivity contribution in [2.24, 2.45) is 0 Å². The van der Waals surface area contributed by atoms with Gasteiger partial charge in [-0.05, 0) is 48.4 Å². The summed E-state index contributed by atoms with van der Waals surface area (Å²) in [6, 6.07) is 19.7. The Morgan fingerprint density at radius 2 is 1.62 bits per heavy atom. The summed E-state index contributed by atoms with van der Waals surface area (Å²) >= 11 is 0. The number of amides is 2. The zero-order chi connectivity index (χ0) is 20.2. The predicted octanol–water partition coefficient (Wildman–Crippen LogP) is 3.91. The highest BCUT2D eigenvalue weighted by Gasteiger charge is 2.15. The first-order chi connectivity index (χ1) is 14.1. The van der Waals surface area contributed by atoms with Crippen molar-refractivity contribution in [1.29, 1.82) is 0 Å². The molecule has 4 rings (SSSR count). The van der Waals surface area contributed by atoms with Crippen molar-refractivity contribution in [3.63, 3.8) is 0 Å². The molecule has 3 aromatic carbocycles. The zero-order valence-electron chi connectivity index (χ0n) is 15.9. The molecule has 2 amide bonds. The molecular formula is C23H20N2O4. The summed E-state index contributed by atoms with van der Waals surface area (Å²) in [7, 11) is 0. The molecule has 0 unspecified atom stereocenters. The van der Waals surface area contributed by atoms with Crippen LogP contribution in [0, 0.1) is 6.92 Å². The number of carbonyl (C=O) groups is 2. The lowest BCUT2D eigenvalue weighted by Gasteiger charge is -2.10. The maximum absolute atomic E-state index is 12.6. The van der Waals surface area contributed by atoms with Gasteiger partial charge in [0.1, 0.15) is 0 Å². The Labute approximate surface area is 168 Å². The lowest BCUT2D eigenvalue weighted by Crippen LogP contribution is -2.23. The van der Waals surface area contributed by atoms with E-state index in [9.17, 15) is 9.59 Å². The zero-order valence-corrected chi connectivity index (χ0v) is 15.9. The van der Waals surface area contributed by atoms with Crippen LogP contribution < -0.4 is 20.1 Å². The number of rotatable bonds is 5. The van der Waals surface area contributed by atoms with Gasteiger partial charge in [-0.2, -0.15) is 0 Å². The first kappa shape index (κ1) is 18.6. The summed E-state index contributed by atoms with van der Waals surface area (Å²) in [6.07, 6.45) is 0. The first-order valence-electron chi connectivity index (χ1n) is 9.24. The quantitative estimate of drug-likeness (QED) is 0.695. The van der Waals surface area contributed by atoms with Crippen LogP contribution in [0.5, 0.6) is 11.5 Å². The van der Waals surface area contributed by atoms with Gasteiger partial charge in [0.15, 0.2) is 11.5 Å². The summed E-state index contributed by atoms with van der Waals surface area (Å²) in [6.45, 7) is 2.61. The van der Waals surface area contributed by atoms with Crippen LogP contribution in [0.1, 0.15) is 31.8 Å². The molecule has 2 N–H and O–H groups in total. The van der Waals surface area contributed by atoms with Crippen LogP contribution in [0.2, 0.25) is 0 Å². The maximum atomic E-state index is 12.6. The van der Waals surface area contributed by atoms with Gasteiger partial charge in [-0.1, -0.05) is 30.3 Å². The van der Waals surface area contributed by atoms with E-state index in [1.807, 2.05) is 31.2 Å². The molecular weight excluding hydrogens is 368 g/mol. The maximum Gasteiger partial charge on any atom is 0.255 e. The van der Waals surface area contributed by atoms with E-state index in [4.69, 9.17) is 9.47 Å². The number of hydrogen-bond donors (Lipinski definition) is 2. The third-order valence-corrected chi connectivity index (χ3v) is 4.72. The van der Waals surface area contributed by atoms with E-state index in [0.717, 1.165) is 11.1 Å². The van der Waals surface area contributed by atoms with Crippen molar-refractivity contribution in [1.82, 2.24) is 5.32 Å². The number of carbonyl (C=O) groups excluding carboxylic acids is 2. The Morgan fingerprint density at radius 1 is 0.862 bits per heavy atom. The normalized spacial score (nSPS) is 11.8. The molecule has 1 heterocycles. The Morgan fingerprint density at radius 3 is 2.45 bits per heavy atom. The molecule has 0 aliphatic carbocycles. The topological polar surface area (TPSA) is 76.7 Å². The van der Waals surface area contributed by atoms with Crippen molar-refractivity contribution < 1.29 is 19.1 Å². The van der Waals surface area contributed by atoms with Gasteiger partial charge >= 0.3 is 0 Å². The molecule has 0 aromatic heterocycles. The molecule has 3 aromatic rings. The minimum absolute atomic E-state index is 0.173. The summed E-state index contributed by atoms with van der Waals surface area (Å²) in [4.78, 5) is 25.1. The SMILES string of the molecule is Cc1ccccc1CNC(=O)c1cccc(C(=O)Nc2ccc3c(c2)OCO3)c1. The number of hydrogen-bond acceptors (Lipinski definition) is 4. The smallest absolute Gasteiger partial charge is 0.255 e. The fraction of sp³-hybridized carbons (Fsp3) is 0.130. The van der Waals surface area contributed by atoms with E-state index < -0.39 is 0 Å². The Hall–Kier alpha value is -3.80. The highest BCUT2D eigenvalue weighted by molar-refractivity contribution is 6.06. The molecule has 6 nitrogen and oxygen atoms in total. The van der Waals surface area contributed by atoms with Crippen LogP contribution in [0.3, 0.4) is 0 Å². The predicted molar refractivity (Wildman–Crippen MR) is 109 cm³/mol. The summed E-state index contributed by atoms with van der Waals surface area (Å²) < 4.78 is 10.6. The van der Waals surface area contributed by atoms with Gasteiger partial charge in [-0.3, -0.25) is 9.59 Å². The third kappa shape index (κ3) is 4.21. The summed E-state index contributed by atoms with van der Waals surface area (Å²) in [5, 5.41) is 5.71. The highest BCUT2D eigenvalue weighted by Crippen LogP contribution is 2.34. The standard InChI is InChI=1S/C23H20N2O4/c1-15-5-2-3-6-18(15)13-24-22(26)16-7-4-8-17(11-16)23(27)25-19-9-10-20-21(12-19)29-14-28-20/h2-12H,13-14H2,1H3,(H,24,26)(H,25,27). The van der Waals surface area contributed by atoms with Crippen LogP contribution in [-0.2, 0) is 6.54 Å². The number of fused-ring (bicyclic) bond motifs is 1. The van der Waals surface area contributed by atoms with Gasteiger partial charge in [-0.15, -0.1) is 0 Å². The fourth-order valence-corrected chi connectivity index (χ4v) is 3.07. The molecule has 0 atom stereocenters. The van der Waals surface area contributed by atoms with Crippen LogP contribution in [0.25, 0.3) is 0 Å². The minimum atomic E-state index is -0.308. The second-order valence-corrected chi connectivity index (χ2v) is 6.71. The lowest BCUT2D eigenvalue weighted by molar-refractivity contribution is 0.0951. The average Bonchev–Trinajstić information content (AvgIpc) is 3.21. The van der Waals surface area contributed by atoms with E-state index in [1.54, 1.807) is 42.5 Å². The number of ether oxygens (including phenoxy) is 2. The number of nitrogens with one attached hydrogen (secondary N) is 2. The lowest BCUT2D eigenvalue weighted by atomic mass is 10.1. The van der Waals surface area contributed by atoms with Gasteiger partial charge in [0.2, 0.25) is 6.79 Å². The highest BCUT2D eigenvalue weighted by atomic mass is 16.7. The van der Waals surface area contributed by atoms with E-state index in [-0.39, 0.29) is 18.6 Å². The van der Waals surface area contributed by atoms with Crippen molar-refractivity contribution in [2.45, 2.75) is 13.5 Å². The molecule has 0 radical (unpaired) electrons. The molecule has 0 fully saturated rings. The van der Waals surface area contributed by atoms with Gasteiger partial charge < -0.3 is 20.1 Å². The Balaban J connectivity index is 1.43. The van der Waals surface area contributed by atoms with Crippen LogP contribution in [-0.4, -0.2) is 18.6 Å². The number of aryl methyl sites for hydroxylation is 1. The van der Waals surface area contributed by atoms with Crippen LogP contribution in [0.4, 0.5) is 5.69 Å². The molecule has 0 saturated heterocycles. The molecule has 1 aliphatic rings. The molecule has 0 bridgehead atoms. The summed E-state index contributed by atoms with van der Waals surface area (Å²) in [5.74, 6) is 0.700. The van der Waals surface area contributed by atoms with E-state index >= 15 is 0 Å². The average molecular weight is 388 g/mol. The van der Waals surface area contributed by atoms with Crippen molar-refractivity contribution in [2.75, 3.05) is 12.1 Å². The van der Waals surface area contributed by atoms with E-state index in [1.165, 1.54) is 0 Å². The van der Waals surface area contributed by atoms with E-state index in [0.29, 0.717) is 34.9 Å². The molecule has 0 spiro atoms. The van der Waals surface area contributed by atoms with Gasteiger partial charge in [0.25, 0.3) is 11.8 Å². The first-order valence-corrected chi connectivity index (χ1v) is 9.24. The largest absolute Gasteiger partial charge is 0.454 e. The molecule has 29 heavy (non-hydrogen) atoms. The van der Waals surface area contributed by atoms with Gasteiger partial charge in [-0.25, -0.2) is 0 Å². The summed E-state index contributed by atoms with van der Waals surface area (Å²) in [5.41, 5.74) is 3.58. The second kappa shape index (κ2) is 8.06. The van der Waals surface area contributed by atoms with Crippen molar-refractivity contribution in [3.05, 3.63) is 89.0 Å².